The van der Waals surface area contributed by atoms with Crippen molar-refractivity contribution in [2.24, 2.45) is 11.8 Å². The van der Waals surface area contributed by atoms with Crippen LogP contribution in [0.15, 0.2) is 0 Å². The Morgan fingerprint density at radius 3 is 2.86 bits per heavy atom. The molecule has 1 aliphatic heterocycles. The highest BCUT2D eigenvalue weighted by Crippen LogP contribution is 2.18. The van der Waals surface area contributed by atoms with Gasteiger partial charge in [0.25, 0.3) is 0 Å². The van der Waals surface area contributed by atoms with Crippen molar-refractivity contribution >= 4 is 0 Å². The first-order chi connectivity index (χ1) is 6.69. The van der Waals surface area contributed by atoms with Gasteiger partial charge in [-0.3, -0.25) is 0 Å². The van der Waals surface area contributed by atoms with Gasteiger partial charge >= 0.3 is 0 Å². The highest BCUT2D eigenvalue weighted by molar-refractivity contribution is 4.89. The van der Waals surface area contributed by atoms with Crippen molar-refractivity contribution < 1.29 is 0 Å². The van der Waals surface area contributed by atoms with E-state index in [4.69, 9.17) is 5.26 Å². The van der Waals surface area contributed by atoms with Crippen molar-refractivity contribution in [2.45, 2.75) is 26.3 Å². The molecule has 3 nitrogen and oxygen atoms in total. The molecule has 0 aromatic heterocycles. The Labute approximate surface area is 87.1 Å². The standard InChI is InChI=1S/C11H21N3/c1-4-10-6-13-7-11(10)14(3)8-9(2)5-12/h9-11,13H,4,6-8H2,1-3H3. The lowest BCUT2D eigenvalue weighted by Crippen LogP contribution is -2.40. The molecule has 1 N–H and O–H groups in total. The summed E-state index contributed by atoms with van der Waals surface area (Å²) in [7, 11) is 2.13. The van der Waals surface area contributed by atoms with Crippen LogP contribution < -0.4 is 5.32 Å². The van der Waals surface area contributed by atoms with Crippen LogP contribution in [-0.4, -0.2) is 37.6 Å². The molecule has 3 atom stereocenters. The van der Waals surface area contributed by atoms with E-state index in [1.54, 1.807) is 0 Å². The van der Waals surface area contributed by atoms with Crippen molar-refractivity contribution in [3.63, 3.8) is 0 Å². The van der Waals surface area contributed by atoms with E-state index in [1.807, 2.05) is 6.92 Å². The molecule has 1 saturated heterocycles. The molecule has 0 aromatic rings. The molecule has 1 heterocycles. The van der Waals surface area contributed by atoms with Crippen molar-refractivity contribution in [1.29, 1.82) is 5.26 Å². The summed E-state index contributed by atoms with van der Waals surface area (Å²) in [5.41, 5.74) is 0. The van der Waals surface area contributed by atoms with Gasteiger partial charge in [0.1, 0.15) is 0 Å². The number of nitrogens with one attached hydrogen (secondary N) is 1. The third kappa shape index (κ3) is 2.70. The van der Waals surface area contributed by atoms with E-state index in [-0.39, 0.29) is 5.92 Å². The molecule has 1 aliphatic rings. The molecule has 0 saturated carbocycles. The van der Waals surface area contributed by atoms with Gasteiger partial charge in [-0.1, -0.05) is 13.3 Å². The molecule has 0 aliphatic carbocycles. The second-order valence-electron chi connectivity index (χ2n) is 4.36. The van der Waals surface area contributed by atoms with Gasteiger partial charge in [0.2, 0.25) is 0 Å². The Morgan fingerprint density at radius 2 is 2.29 bits per heavy atom. The first kappa shape index (κ1) is 11.5. The molecule has 0 spiro atoms. The lowest BCUT2D eigenvalue weighted by molar-refractivity contribution is 0.196. The van der Waals surface area contributed by atoms with Gasteiger partial charge in [0, 0.05) is 19.1 Å². The summed E-state index contributed by atoms with van der Waals surface area (Å²) in [5, 5.41) is 12.2. The Morgan fingerprint density at radius 1 is 1.57 bits per heavy atom. The smallest absolute Gasteiger partial charge is 0.0666 e. The maximum absolute atomic E-state index is 8.76. The van der Waals surface area contributed by atoms with Crippen molar-refractivity contribution in [3.8, 4) is 6.07 Å². The van der Waals surface area contributed by atoms with Crippen LogP contribution in [0.1, 0.15) is 20.3 Å². The van der Waals surface area contributed by atoms with Gasteiger partial charge in [-0.2, -0.15) is 5.26 Å². The number of nitriles is 1. The number of hydrogen-bond acceptors (Lipinski definition) is 3. The Hall–Kier alpha value is -0.590. The van der Waals surface area contributed by atoms with Crippen LogP contribution in [0, 0.1) is 23.2 Å². The van der Waals surface area contributed by atoms with Crippen LogP contribution in [0.5, 0.6) is 0 Å². The van der Waals surface area contributed by atoms with Gasteiger partial charge in [0.05, 0.1) is 12.0 Å². The highest BCUT2D eigenvalue weighted by Gasteiger charge is 2.29. The van der Waals surface area contributed by atoms with Gasteiger partial charge in [-0.15, -0.1) is 0 Å². The van der Waals surface area contributed by atoms with Crippen LogP contribution in [0.25, 0.3) is 0 Å². The van der Waals surface area contributed by atoms with Gasteiger partial charge < -0.3 is 10.2 Å². The molecule has 0 radical (unpaired) electrons. The molecule has 3 heteroatoms. The van der Waals surface area contributed by atoms with Crippen molar-refractivity contribution in [1.82, 2.24) is 10.2 Å². The average Bonchev–Trinajstić information content (AvgIpc) is 2.65. The predicted molar refractivity (Wildman–Crippen MR) is 57.8 cm³/mol. The summed E-state index contributed by atoms with van der Waals surface area (Å²) in [6, 6.07) is 2.91. The van der Waals surface area contributed by atoms with E-state index in [1.165, 1.54) is 6.42 Å². The minimum Gasteiger partial charge on any atom is -0.315 e. The van der Waals surface area contributed by atoms with Crippen LogP contribution in [-0.2, 0) is 0 Å². The molecule has 3 unspecified atom stereocenters. The van der Waals surface area contributed by atoms with Crippen LogP contribution >= 0.6 is 0 Å². The summed E-state index contributed by atoms with van der Waals surface area (Å²) in [4.78, 5) is 2.34. The lowest BCUT2D eigenvalue weighted by Gasteiger charge is -2.28. The number of rotatable bonds is 4. The van der Waals surface area contributed by atoms with Gasteiger partial charge in [-0.25, -0.2) is 0 Å². The second-order valence-corrected chi connectivity index (χ2v) is 4.36. The molecule has 0 bridgehead atoms. The van der Waals surface area contributed by atoms with E-state index in [0.717, 1.165) is 25.6 Å². The van der Waals surface area contributed by atoms with Crippen molar-refractivity contribution in [3.05, 3.63) is 0 Å². The fraction of sp³-hybridized carbons (Fsp3) is 0.909. The van der Waals surface area contributed by atoms with E-state index in [0.29, 0.717) is 6.04 Å². The second kappa shape index (κ2) is 5.33. The third-order valence-electron chi connectivity index (χ3n) is 3.18. The molecule has 0 amide bonds. The lowest BCUT2D eigenvalue weighted by atomic mass is 9.99. The first-order valence-electron chi connectivity index (χ1n) is 5.49. The number of hydrogen-bond donors (Lipinski definition) is 1. The number of likely N-dealkylation sites (N-methyl/N-ethyl adjacent to an activating group) is 1. The number of nitrogens with zero attached hydrogens (tertiary/aromatic N) is 2. The summed E-state index contributed by atoms with van der Waals surface area (Å²) in [6.45, 7) is 7.32. The Bertz CT molecular complexity index is 209. The Kier molecular flexibility index (Phi) is 4.37. The summed E-state index contributed by atoms with van der Waals surface area (Å²) in [5.74, 6) is 0.893. The van der Waals surface area contributed by atoms with Crippen molar-refractivity contribution in [2.75, 3.05) is 26.7 Å². The molecular weight excluding hydrogens is 174 g/mol. The minimum absolute atomic E-state index is 0.137. The molecule has 0 aromatic carbocycles. The zero-order valence-corrected chi connectivity index (χ0v) is 9.45. The van der Waals surface area contributed by atoms with Gasteiger partial charge in [-0.05, 0) is 26.4 Å². The fourth-order valence-electron chi connectivity index (χ4n) is 2.26. The average molecular weight is 195 g/mol. The normalized spacial score (nSPS) is 29.1. The third-order valence-corrected chi connectivity index (χ3v) is 3.18. The SMILES string of the molecule is CCC1CNCC1N(C)CC(C)C#N. The van der Waals surface area contributed by atoms with E-state index < -0.39 is 0 Å². The van der Waals surface area contributed by atoms with Crippen LogP contribution in [0.2, 0.25) is 0 Å². The maximum Gasteiger partial charge on any atom is 0.0666 e. The zero-order valence-electron chi connectivity index (χ0n) is 9.45. The topological polar surface area (TPSA) is 39.1 Å². The summed E-state index contributed by atoms with van der Waals surface area (Å²) >= 11 is 0. The van der Waals surface area contributed by atoms with E-state index in [2.05, 4.69) is 30.3 Å². The quantitative estimate of drug-likeness (QED) is 0.729. The maximum atomic E-state index is 8.76. The van der Waals surface area contributed by atoms with E-state index >= 15 is 0 Å². The summed E-state index contributed by atoms with van der Waals surface area (Å²) < 4.78 is 0. The molecule has 1 rings (SSSR count). The largest absolute Gasteiger partial charge is 0.315 e. The van der Waals surface area contributed by atoms with Crippen LogP contribution in [0.3, 0.4) is 0 Å². The van der Waals surface area contributed by atoms with Crippen LogP contribution in [0.4, 0.5) is 0 Å². The fourth-order valence-corrected chi connectivity index (χ4v) is 2.26. The minimum atomic E-state index is 0.137. The highest BCUT2D eigenvalue weighted by atomic mass is 15.2. The molecule has 80 valence electrons. The molecule has 14 heavy (non-hydrogen) atoms. The van der Waals surface area contributed by atoms with E-state index in [9.17, 15) is 0 Å². The summed E-state index contributed by atoms with van der Waals surface area (Å²) in [6.07, 6.45) is 1.23. The molecule has 1 fully saturated rings. The van der Waals surface area contributed by atoms with Gasteiger partial charge in [0.15, 0.2) is 0 Å². The zero-order chi connectivity index (χ0) is 10.6. The predicted octanol–water partition coefficient (Wildman–Crippen LogP) is 1.08. The first-order valence-corrected chi connectivity index (χ1v) is 5.49. The monoisotopic (exact) mass is 195 g/mol. The Balaban J connectivity index is 2.43. The molecular formula is C11H21N3.